The van der Waals surface area contributed by atoms with Crippen LogP contribution in [-0.2, 0) is 11.2 Å². The highest BCUT2D eigenvalue weighted by molar-refractivity contribution is 5.86. The van der Waals surface area contributed by atoms with E-state index in [9.17, 15) is 4.79 Å². The van der Waals surface area contributed by atoms with E-state index in [4.69, 9.17) is 0 Å². The van der Waals surface area contributed by atoms with E-state index in [-0.39, 0.29) is 0 Å². The summed E-state index contributed by atoms with van der Waals surface area (Å²) in [6, 6.07) is 8.58. The number of carbonyl (C=O) groups is 1. The highest BCUT2D eigenvalue weighted by Crippen LogP contribution is 2.38. The molecule has 0 fully saturated rings. The molecule has 0 radical (unpaired) electrons. The first kappa shape index (κ1) is 15.3. The molecular weight excluding hydrogens is 258 g/mol. The van der Waals surface area contributed by atoms with Crippen LogP contribution in [-0.4, -0.2) is 6.41 Å². The number of hydrogen-bond donors (Lipinski definition) is 1. The molecule has 0 aromatic heterocycles. The summed E-state index contributed by atoms with van der Waals surface area (Å²) in [6.45, 7) is 10.6. The summed E-state index contributed by atoms with van der Waals surface area (Å²) < 4.78 is 0. The fourth-order valence-electron chi connectivity index (χ4n) is 3.18. The normalized spacial score (nSPS) is 10.5. The minimum atomic E-state index is 0.759. The second-order valence-corrected chi connectivity index (χ2v) is 5.61. The van der Waals surface area contributed by atoms with E-state index in [1.165, 1.54) is 27.8 Å². The molecule has 0 heterocycles. The highest BCUT2D eigenvalue weighted by atomic mass is 16.1. The van der Waals surface area contributed by atoms with Crippen molar-refractivity contribution in [3.63, 3.8) is 0 Å². The molecule has 2 rings (SSSR count). The zero-order chi connectivity index (χ0) is 15.6. The van der Waals surface area contributed by atoms with E-state index in [2.05, 4.69) is 57.3 Å². The van der Waals surface area contributed by atoms with E-state index in [1.807, 2.05) is 6.92 Å². The van der Waals surface area contributed by atoms with Gasteiger partial charge in [-0.2, -0.15) is 0 Å². The summed E-state index contributed by atoms with van der Waals surface area (Å²) in [5, 5.41) is 2.86. The van der Waals surface area contributed by atoms with Crippen LogP contribution in [0.2, 0.25) is 0 Å². The molecule has 2 aromatic carbocycles. The first-order valence-electron chi connectivity index (χ1n) is 7.41. The Hall–Kier alpha value is -2.09. The molecule has 2 heteroatoms. The van der Waals surface area contributed by atoms with Crippen molar-refractivity contribution in [2.75, 3.05) is 5.32 Å². The molecule has 0 saturated carbocycles. The number of hydrogen-bond acceptors (Lipinski definition) is 1. The summed E-state index contributed by atoms with van der Waals surface area (Å²) in [4.78, 5) is 10.9. The topological polar surface area (TPSA) is 29.1 Å². The molecule has 0 saturated heterocycles. The van der Waals surface area contributed by atoms with Crippen LogP contribution in [0.3, 0.4) is 0 Å². The summed E-state index contributed by atoms with van der Waals surface area (Å²) in [5.74, 6) is 0. The number of nitrogens with one attached hydrogen (secondary N) is 1. The minimum Gasteiger partial charge on any atom is -0.328 e. The third kappa shape index (κ3) is 2.71. The van der Waals surface area contributed by atoms with Crippen molar-refractivity contribution in [1.29, 1.82) is 0 Å². The maximum Gasteiger partial charge on any atom is 0.211 e. The van der Waals surface area contributed by atoms with Gasteiger partial charge in [0.15, 0.2) is 0 Å². The van der Waals surface area contributed by atoms with E-state index < -0.39 is 0 Å². The summed E-state index contributed by atoms with van der Waals surface area (Å²) in [5.41, 5.74) is 9.63. The SMILES string of the molecule is CCc1cc(C)c(NC=O)c(C)c1-c1c(C)cccc1C. The molecule has 0 aliphatic rings. The minimum absolute atomic E-state index is 0.759. The Balaban J connectivity index is 2.84. The van der Waals surface area contributed by atoms with Crippen molar-refractivity contribution in [3.8, 4) is 11.1 Å². The first-order chi connectivity index (χ1) is 10.0. The fraction of sp³-hybridized carbons (Fsp3) is 0.316. The molecule has 1 amide bonds. The van der Waals surface area contributed by atoms with Gasteiger partial charge in [-0.1, -0.05) is 31.2 Å². The molecule has 0 bridgehead atoms. The number of anilines is 1. The van der Waals surface area contributed by atoms with Crippen LogP contribution < -0.4 is 5.32 Å². The van der Waals surface area contributed by atoms with Crippen LogP contribution in [0.5, 0.6) is 0 Å². The van der Waals surface area contributed by atoms with Gasteiger partial charge in [0.2, 0.25) is 6.41 Å². The average Bonchev–Trinajstić information content (AvgIpc) is 2.45. The maximum absolute atomic E-state index is 10.9. The number of amides is 1. The second kappa shape index (κ2) is 6.13. The van der Waals surface area contributed by atoms with Gasteiger partial charge in [0.25, 0.3) is 0 Å². The second-order valence-electron chi connectivity index (χ2n) is 5.61. The predicted octanol–water partition coefficient (Wildman–Crippen LogP) is 4.72. The maximum atomic E-state index is 10.9. The first-order valence-corrected chi connectivity index (χ1v) is 7.41. The Morgan fingerprint density at radius 2 is 1.62 bits per heavy atom. The van der Waals surface area contributed by atoms with Crippen LogP contribution >= 0.6 is 0 Å². The van der Waals surface area contributed by atoms with Gasteiger partial charge in [-0.3, -0.25) is 4.79 Å². The zero-order valence-electron chi connectivity index (χ0n) is 13.5. The third-order valence-corrected chi connectivity index (χ3v) is 4.17. The lowest BCUT2D eigenvalue weighted by atomic mass is 9.86. The molecule has 0 aliphatic carbocycles. The highest BCUT2D eigenvalue weighted by Gasteiger charge is 2.16. The predicted molar refractivity (Wildman–Crippen MR) is 89.9 cm³/mol. The van der Waals surface area contributed by atoms with Gasteiger partial charge in [0.1, 0.15) is 0 Å². The molecular formula is C19H23NO. The molecule has 21 heavy (non-hydrogen) atoms. The third-order valence-electron chi connectivity index (χ3n) is 4.17. The molecule has 0 aliphatic heterocycles. The van der Waals surface area contributed by atoms with Crippen LogP contribution in [0.4, 0.5) is 5.69 Å². The van der Waals surface area contributed by atoms with Crippen molar-refractivity contribution in [1.82, 2.24) is 0 Å². The van der Waals surface area contributed by atoms with E-state index in [0.717, 1.165) is 29.6 Å². The lowest BCUT2D eigenvalue weighted by molar-refractivity contribution is -0.105. The summed E-state index contributed by atoms with van der Waals surface area (Å²) in [7, 11) is 0. The monoisotopic (exact) mass is 281 g/mol. The summed E-state index contributed by atoms with van der Waals surface area (Å²) >= 11 is 0. The Kier molecular flexibility index (Phi) is 4.46. The Morgan fingerprint density at radius 1 is 1.00 bits per heavy atom. The Morgan fingerprint density at radius 3 is 2.14 bits per heavy atom. The zero-order valence-corrected chi connectivity index (χ0v) is 13.5. The van der Waals surface area contributed by atoms with Gasteiger partial charge in [-0.15, -0.1) is 0 Å². The van der Waals surface area contributed by atoms with Gasteiger partial charge in [-0.05, 0) is 73.1 Å². The molecule has 1 N–H and O–H groups in total. The van der Waals surface area contributed by atoms with Crippen LogP contribution in [0.25, 0.3) is 11.1 Å². The molecule has 2 nitrogen and oxygen atoms in total. The van der Waals surface area contributed by atoms with Crippen molar-refractivity contribution in [2.45, 2.75) is 41.0 Å². The van der Waals surface area contributed by atoms with Crippen LogP contribution in [0.1, 0.15) is 34.7 Å². The molecule has 0 spiro atoms. The fourth-order valence-corrected chi connectivity index (χ4v) is 3.18. The number of carbonyl (C=O) groups excluding carboxylic acids is 1. The van der Waals surface area contributed by atoms with Crippen molar-refractivity contribution < 1.29 is 4.79 Å². The standard InChI is InChI=1S/C19H23NO/c1-6-16-10-14(4)19(20-11-21)15(5)18(16)17-12(2)8-7-9-13(17)3/h7-11H,6H2,1-5H3,(H,20,21). The molecule has 110 valence electrons. The van der Waals surface area contributed by atoms with Gasteiger partial charge in [0, 0.05) is 5.69 Å². The van der Waals surface area contributed by atoms with E-state index >= 15 is 0 Å². The van der Waals surface area contributed by atoms with Gasteiger partial charge in [-0.25, -0.2) is 0 Å². The molecule has 2 aromatic rings. The van der Waals surface area contributed by atoms with Crippen molar-refractivity contribution in [2.24, 2.45) is 0 Å². The number of benzene rings is 2. The molecule has 0 atom stereocenters. The average molecular weight is 281 g/mol. The van der Waals surface area contributed by atoms with Gasteiger partial charge >= 0.3 is 0 Å². The van der Waals surface area contributed by atoms with Crippen LogP contribution in [0.15, 0.2) is 24.3 Å². The molecule has 0 unspecified atom stereocenters. The Bertz CT molecular complexity index is 666. The van der Waals surface area contributed by atoms with Crippen LogP contribution in [0, 0.1) is 27.7 Å². The van der Waals surface area contributed by atoms with Crippen molar-refractivity contribution in [3.05, 3.63) is 52.1 Å². The largest absolute Gasteiger partial charge is 0.328 e. The van der Waals surface area contributed by atoms with E-state index in [0.29, 0.717) is 0 Å². The smallest absolute Gasteiger partial charge is 0.211 e. The quantitative estimate of drug-likeness (QED) is 0.807. The lowest BCUT2D eigenvalue weighted by Crippen LogP contribution is -2.04. The lowest BCUT2D eigenvalue weighted by Gasteiger charge is -2.21. The number of rotatable bonds is 4. The summed E-state index contributed by atoms with van der Waals surface area (Å²) in [6.07, 6.45) is 1.74. The van der Waals surface area contributed by atoms with Crippen molar-refractivity contribution >= 4 is 12.1 Å². The Labute approximate surface area is 127 Å². The van der Waals surface area contributed by atoms with Gasteiger partial charge < -0.3 is 5.32 Å². The number of aryl methyl sites for hydroxylation is 4. The van der Waals surface area contributed by atoms with Gasteiger partial charge in [0.05, 0.1) is 0 Å². The van der Waals surface area contributed by atoms with E-state index in [1.54, 1.807) is 0 Å².